The van der Waals surface area contributed by atoms with Crippen molar-refractivity contribution in [2.75, 3.05) is 0 Å². The van der Waals surface area contributed by atoms with Crippen LogP contribution < -0.4 is 0 Å². The highest BCUT2D eigenvalue weighted by atomic mass is 16.3. The second-order valence-corrected chi connectivity index (χ2v) is 3.63. The molecular weight excluding hydrogens is 172 g/mol. The molecule has 0 bridgehead atoms. The van der Waals surface area contributed by atoms with Gasteiger partial charge in [0.05, 0.1) is 6.10 Å². The van der Waals surface area contributed by atoms with Gasteiger partial charge in [-0.2, -0.15) is 0 Å². The SMILES string of the molecule is CCCC(O)/C=C/c1ccc(C)cc1. The van der Waals surface area contributed by atoms with Gasteiger partial charge in [-0.05, 0) is 18.9 Å². The van der Waals surface area contributed by atoms with Crippen molar-refractivity contribution in [2.24, 2.45) is 0 Å². The van der Waals surface area contributed by atoms with Gasteiger partial charge in [0.2, 0.25) is 0 Å². The minimum Gasteiger partial charge on any atom is -0.389 e. The standard InChI is InChI=1S/C13H18O/c1-3-4-13(14)10-9-12-7-5-11(2)6-8-12/h5-10,13-14H,3-4H2,1-2H3/b10-9+. The van der Waals surface area contributed by atoms with Crippen molar-refractivity contribution in [3.05, 3.63) is 41.5 Å². The Hall–Kier alpha value is -1.08. The predicted octanol–water partition coefficient (Wildman–Crippen LogP) is 3.17. The Balaban J connectivity index is 2.55. The van der Waals surface area contributed by atoms with Crippen LogP contribution >= 0.6 is 0 Å². The fourth-order valence-corrected chi connectivity index (χ4v) is 1.29. The van der Waals surface area contributed by atoms with Gasteiger partial charge in [0.25, 0.3) is 0 Å². The average Bonchev–Trinajstić information content (AvgIpc) is 2.17. The lowest BCUT2D eigenvalue weighted by Crippen LogP contribution is -1.99. The minimum atomic E-state index is -0.304. The van der Waals surface area contributed by atoms with Crippen LogP contribution in [-0.4, -0.2) is 11.2 Å². The van der Waals surface area contributed by atoms with Gasteiger partial charge >= 0.3 is 0 Å². The minimum absolute atomic E-state index is 0.304. The second kappa shape index (κ2) is 5.61. The molecule has 0 aliphatic rings. The molecule has 1 aromatic rings. The topological polar surface area (TPSA) is 20.2 Å². The molecule has 76 valence electrons. The Bertz CT molecular complexity index is 285. The van der Waals surface area contributed by atoms with E-state index in [9.17, 15) is 5.11 Å². The van der Waals surface area contributed by atoms with Crippen LogP contribution in [0.3, 0.4) is 0 Å². The van der Waals surface area contributed by atoms with Gasteiger partial charge in [-0.1, -0.05) is 55.3 Å². The van der Waals surface area contributed by atoms with E-state index in [1.165, 1.54) is 5.56 Å². The number of benzene rings is 1. The lowest BCUT2D eigenvalue weighted by molar-refractivity contribution is 0.212. The highest BCUT2D eigenvalue weighted by Gasteiger charge is 1.95. The molecule has 1 aromatic carbocycles. The van der Waals surface area contributed by atoms with Crippen LogP contribution in [0.15, 0.2) is 30.3 Å². The summed E-state index contributed by atoms with van der Waals surface area (Å²) in [6, 6.07) is 8.27. The molecule has 0 heterocycles. The lowest BCUT2D eigenvalue weighted by Gasteiger charge is -2.01. The van der Waals surface area contributed by atoms with Crippen molar-refractivity contribution in [3.8, 4) is 0 Å². The number of aryl methyl sites for hydroxylation is 1. The molecule has 0 saturated heterocycles. The van der Waals surface area contributed by atoms with E-state index < -0.39 is 0 Å². The van der Waals surface area contributed by atoms with Crippen LogP contribution in [0.25, 0.3) is 6.08 Å². The van der Waals surface area contributed by atoms with E-state index in [4.69, 9.17) is 0 Å². The third-order valence-electron chi connectivity index (χ3n) is 2.17. The molecule has 0 aromatic heterocycles. The number of aliphatic hydroxyl groups excluding tert-OH is 1. The Labute approximate surface area is 86.1 Å². The molecule has 0 spiro atoms. The second-order valence-electron chi connectivity index (χ2n) is 3.63. The Kier molecular flexibility index (Phi) is 4.41. The summed E-state index contributed by atoms with van der Waals surface area (Å²) in [5.41, 5.74) is 2.40. The van der Waals surface area contributed by atoms with Crippen LogP contribution in [0.1, 0.15) is 30.9 Å². The maximum Gasteiger partial charge on any atom is 0.0724 e. The van der Waals surface area contributed by atoms with Gasteiger partial charge in [-0.3, -0.25) is 0 Å². The van der Waals surface area contributed by atoms with Crippen molar-refractivity contribution in [3.63, 3.8) is 0 Å². The maximum atomic E-state index is 9.48. The summed E-state index contributed by atoms with van der Waals surface area (Å²) < 4.78 is 0. The summed E-state index contributed by atoms with van der Waals surface area (Å²) >= 11 is 0. The summed E-state index contributed by atoms with van der Waals surface area (Å²) in [6.07, 6.45) is 5.37. The van der Waals surface area contributed by atoms with E-state index in [2.05, 4.69) is 38.1 Å². The van der Waals surface area contributed by atoms with Crippen LogP contribution in [0, 0.1) is 6.92 Å². The van der Waals surface area contributed by atoms with Crippen molar-refractivity contribution in [2.45, 2.75) is 32.8 Å². The molecule has 14 heavy (non-hydrogen) atoms. The molecule has 1 nitrogen and oxygen atoms in total. The van der Waals surface area contributed by atoms with Crippen molar-refractivity contribution >= 4 is 6.08 Å². The molecule has 0 aliphatic carbocycles. The first-order valence-corrected chi connectivity index (χ1v) is 5.15. The Morgan fingerprint density at radius 2 is 1.93 bits per heavy atom. The van der Waals surface area contributed by atoms with Gasteiger partial charge in [0, 0.05) is 0 Å². The Morgan fingerprint density at radius 1 is 1.29 bits per heavy atom. The molecule has 1 unspecified atom stereocenters. The molecule has 0 saturated carbocycles. The fourth-order valence-electron chi connectivity index (χ4n) is 1.29. The maximum absolute atomic E-state index is 9.48. The third kappa shape index (κ3) is 3.75. The predicted molar refractivity (Wildman–Crippen MR) is 61.1 cm³/mol. The zero-order valence-electron chi connectivity index (χ0n) is 8.90. The van der Waals surface area contributed by atoms with Crippen molar-refractivity contribution < 1.29 is 5.11 Å². The van der Waals surface area contributed by atoms with Gasteiger partial charge in [-0.25, -0.2) is 0 Å². The number of rotatable bonds is 4. The monoisotopic (exact) mass is 190 g/mol. The summed E-state index contributed by atoms with van der Waals surface area (Å²) in [7, 11) is 0. The van der Waals surface area contributed by atoms with Crippen LogP contribution in [-0.2, 0) is 0 Å². The summed E-state index contributed by atoms with van der Waals surface area (Å²) in [4.78, 5) is 0. The average molecular weight is 190 g/mol. The normalized spacial score (nSPS) is 13.4. The quantitative estimate of drug-likeness (QED) is 0.773. The van der Waals surface area contributed by atoms with Crippen LogP contribution in [0.5, 0.6) is 0 Å². The van der Waals surface area contributed by atoms with Gasteiger partial charge < -0.3 is 5.11 Å². The van der Waals surface area contributed by atoms with E-state index in [1.54, 1.807) is 0 Å². The molecule has 0 radical (unpaired) electrons. The molecule has 1 N–H and O–H groups in total. The molecule has 1 atom stereocenters. The van der Waals surface area contributed by atoms with E-state index >= 15 is 0 Å². The molecule has 0 fully saturated rings. The van der Waals surface area contributed by atoms with Gasteiger partial charge in [0.15, 0.2) is 0 Å². The highest BCUT2D eigenvalue weighted by Crippen LogP contribution is 2.07. The van der Waals surface area contributed by atoms with Gasteiger partial charge in [0.1, 0.15) is 0 Å². The van der Waals surface area contributed by atoms with E-state index in [0.29, 0.717) is 0 Å². The zero-order valence-corrected chi connectivity index (χ0v) is 8.90. The van der Waals surface area contributed by atoms with E-state index in [0.717, 1.165) is 18.4 Å². The summed E-state index contributed by atoms with van der Waals surface area (Å²) in [6.45, 7) is 4.14. The third-order valence-corrected chi connectivity index (χ3v) is 2.17. The largest absolute Gasteiger partial charge is 0.389 e. The number of hydrogen-bond donors (Lipinski definition) is 1. The first-order chi connectivity index (χ1) is 6.72. The Morgan fingerprint density at radius 3 is 2.50 bits per heavy atom. The first kappa shape index (κ1) is 11.0. The van der Waals surface area contributed by atoms with Crippen molar-refractivity contribution in [1.29, 1.82) is 0 Å². The molecular formula is C13H18O. The smallest absolute Gasteiger partial charge is 0.0724 e. The zero-order chi connectivity index (χ0) is 10.4. The molecule has 1 rings (SSSR count). The van der Waals surface area contributed by atoms with Crippen LogP contribution in [0.2, 0.25) is 0 Å². The summed E-state index contributed by atoms with van der Waals surface area (Å²) in [5, 5.41) is 9.48. The molecule has 1 heteroatoms. The number of aliphatic hydroxyl groups is 1. The molecule has 0 amide bonds. The lowest BCUT2D eigenvalue weighted by atomic mass is 10.1. The molecule has 0 aliphatic heterocycles. The van der Waals surface area contributed by atoms with E-state index in [-0.39, 0.29) is 6.10 Å². The fraction of sp³-hybridized carbons (Fsp3) is 0.385. The van der Waals surface area contributed by atoms with Crippen LogP contribution in [0.4, 0.5) is 0 Å². The van der Waals surface area contributed by atoms with Crippen molar-refractivity contribution in [1.82, 2.24) is 0 Å². The highest BCUT2D eigenvalue weighted by molar-refractivity contribution is 5.50. The number of hydrogen-bond acceptors (Lipinski definition) is 1. The van der Waals surface area contributed by atoms with E-state index in [1.807, 2.05) is 12.2 Å². The first-order valence-electron chi connectivity index (χ1n) is 5.15. The summed E-state index contributed by atoms with van der Waals surface area (Å²) in [5.74, 6) is 0. The van der Waals surface area contributed by atoms with Gasteiger partial charge in [-0.15, -0.1) is 0 Å².